The molecule has 84 valence electrons. The van der Waals surface area contributed by atoms with E-state index in [9.17, 15) is 4.79 Å². The van der Waals surface area contributed by atoms with E-state index in [4.69, 9.17) is 8.83 Å². The van der Waals surface area contributed by atoms with Crippen LogP contribution in [0.3, 0.4) is 0 Å². The molecule has 0 aliphatic rings. The van der Waals surface area contributed by atoms with Crippen LogP contribution in [-0.4, -0.2) is 5.78 Å². The van der Waals surface area contributed by atoms with E-state index in [2.05, 4.69) is 0 Å². The summed E-state index contributed by atoms with van der Waals surface area (Å²) in [6.45, 7) is 1.80. The van der Waals surface area contributed by atoms with Gasteiger partial charge in [0.05, 0.1) is 5.56 Å². The molecule has 3 rings (SSSR count). The number of furan rings is 2. The van der Waals surface area contributed by atoms with Gasteiger partial charge >= 0.3 is 0 Å². The standard InChI is InChI=1S/C14H10O3/c1-9-6-11(8-16-9)14(15)13-7-10-4-2-3-5-12(10)17-13/h2-8H,1H3. The molecule has 3 aromatic rings. The first kappa shape index (κ1) is 9.90. The molecule has 0 atom stereocenters. The fraction of sp³-hybridized carbons (Fsp3) is 0.0714. The summed E-state index contributed by atoms with van der Waals surface area (Å²) in [7, 11) is 0. The smallest absolute Gasteiger partial charge is 0.231 e. The van der Waals surface area contributed by atoms with Crippen LogP contribution in [0.4, 0.5) is 0 Å². The van der Waals surface area contributed by atoms with Crippen LogP contribution in [0.1, 0.15) is 21.9 Å². The lowest BCUT2D eigenvalue weighted by Gasteiger charge is -1.89. The molecule has 0 aliphatic carbocycles. The molecule has 1 aromatic carbocycles. The highest BCUT2D eigenvalue weighted by Crippen LogP contribution is 2.21. The molecule has 0 spiro atoms. The molecule has 0 unspecified atom stereocenters. The average molecular weight is 226 g/mol. The van der Waals surface area contributed by atoms with E-state index in [1.807, 2.05) is 24.3 Å². The minimum Gasteiger partial charge on any atom is -0.469 e. The van der Waals surface area contributed by atoms with Crippen LogP contribution >= 0.6 is 0 Å². The van der Waals surface area contributed by atoms with Crippen LogP contribution < -0.4 is 0 Å². The highest BCUT2D eigenvalue weighted by molar-refractivity contribution is 6.08. The number of rotatable bonds is 2. The van der Waals surface area contributed by atoms with Crippen molar-refractivity contribution in [3.63, 3.8) is 0 Å². The molecule has 0 radical (unpaired) electrons. The number of hydrogen-bond donors (Lipinski definition) is 0. The van der Waals surface area contributed by atoms with Gasteiger partial charge in [-0.15, -0.1) is 0 Å². The molecular weight excluding hydrogens is 216 g/mol. The molecule has 3 heteroatoms. The van der Waals surface area contributed by atoms with Gasteiger partial charge in [0.2, 0.25) is 5.78 Å². The number of carbonyl (C=O) groups excluding carboxylic acids is 1. The predicted molar refractivity (Wildman–Crippen MR) is 63.1 cm³/mol. The molecule has 0 amide bonds. The predicted octanol–water partition coefficient (Wildman–Crippen LogP) is 3.57. The second-order valence-corrected chi connectivity index (χ2v) is 3.92. The van der Waals surface area contributed by atoms with Crippen LogP contribution in [-0.2, 0) is 0 Å². The van der Waals surface area contributed by atoms with Gasteiger partial charge in [0, 0.05) is 5.39 Å². The third kappa shape index (κ3) is 1.65. The van der Waals surface area contributed by atoms with Gasteiger partial charge in [-0.2, -0.15) is 0 Å². The van der Waals surface area contributed by atoms with Crippen LogP contribution in [0, 0.1) is 6.92 Å². The van der Waals surface area contributed by atoms with E-state index < -0.39 is 0 Å². The van der Waals surface area contributed by atoms with Gasteiger partial charge in [-0.1, -0.05) is 18.2 Å². The molecule has 0 bridgehead atoms. The molecular formula is C14H10O3. The summed E-state index contributed by atoms with van der Waals surface area (Å²) < 4.78 is 10.6. The zero-order chi connectivity index (χ0) is 11.8. The number of aryl methyl sites for hydroxylation is 1. The van der Waals surface area contributed by atoms with Crippen LogP contribution in [0.2, 0.25) is 0 Å². The number of ketones is 1. The lowest BCUT2D eigenvalue weighted by atomic mass is 10.1. The molecule has 0 saturated heterocycles. The summed E-state index contributed by atoms with van der Waals surface area (Å²) >= 11 is 0. The van der Waals surface area contributed by atoms with E-state index in [1.165, 1.54) is 6.26 Å². The van der Waals surface area contributed by atoms with Gasteiger partial charge in [0.15, 0.2) is 5.76 Å². The number of hydrogen-bond acceptors (Lipinski definition) is 3. The maximum atomic E-state index is 12.1. The summed E-state index contributed by atoms with van der Waals surface area (Å²) in [6.07, 6.45) is 1.45. The van der Waals surface area contributed by atoms with Crippen molar-refractivity contribution in [3.05, 3.63) is 59.7 Å². The Hall–Kier alpha value is -2.29. The average Bonchev–Trinajstić information content (AvgIpc) is 2.93. The largest absolute Gasteiger partial charge is 0.469 e. The van der Waals surface area contributed by atoms with E-state index in [0.717, 1.165) is 11.0 Å². The van der Waals surface area contributed by atoms with Gasteiger partial charge in [0.1, 0.15) is 17.6 Å². The van der Waals surface area contributed by atoms with Gasteiger partial charge in [-0.25, -0.2) is 0 Å². The van der Waals surface area contributed by atoms with Gasteiger partial charge in [-0.05, 0) is 25.1 Å². The Balaban J connectivity index is 2.06. The summed E-state index contributed by atoms with van der Waals surface area (Å²) in [5, 5.41) is 0.927. The van der Waals surface area contributed by atoms with E-state index in [-0.39, 0.29) is 5.78 Å². The lowest BCUT2D eigenvalue weighted by molar-refractivity contribution is 0.101. The first-order valence-electron chi connectivity index (χ1n) is 5.32. The SMILES string of the molecule is Cc1cc(C(=O)c2cc3ccccc3o2)co1. The van der Waals surface area contributed by atoms with E-state index >= 15 is 0 Å². The minimum absolute atomic E-state index is 0.155. The highest BCUT2D eigenvalue weighted by atomic mass is 16.3. The monoisotopic (exact) mass is 226 g/mol. The Kier molecular flexibility index (Phi) is 2.11. The molecule has 0 saturated carbocycles. The van der Waals surface area contributed by atoms with Crippen molar-refractivity contribution in [1.82, 2.24) is 0 Å². The fourth-order valence-corrected chi connectivity index (χ4v) is 1.80. The lowest BCUT2D eigenvalue weighted by Crippen LogP contribution is -1.96. The quantitative estimate of drug-likeness (QED) is 0.627. The summed E-state index contributed by atoms with van der Waals surface area (Å²) in [5.74, 6) is 0.898. The first-order chi connectivity index (χ1) is 8.24. The zero-order valence-electron chi connectivity index (χ0n) is 9.27. The molecule has 2 aromatic heterocycles. The van der Waals surface area contributed by atoms with Gasteiger partial charge < -0.3 is 8.83 Å². The Labute approximate surface area is 97.7 Å². The Morgan fingerprint density at radius 2 is 2.00 bits per heavy atom. The number of para-hydroxylation sites is 1. The highest BCUT2D eigenvalue weighted by Gasteiger charge is 2.16. The molecule has 0 N–H and O–H groups in total. The van der Waals surface area contributed by atoms with Crippen molar-refractivity contribution in [2.75, 3.05) is 0 Å². The van der Waals surface area contributed by atoms with Crippen molar-refractivity contribution in [2.24, 2.45) is 0 Å². The Morgan fingerprint density at radius 1 is 1.18 bits per heavy atom. The maximum absolute atomic E-state index is 12.1. The normalized spacial score (nSPS) is 10.9. The zero-order valence-corrected chi connectivity index (χ0v) is 9.27. The topological polar surface area (TPSA) is 43.4 Å². The van der Waals surface area contributed by atoms with Crippen LogP contribution in [0.5, 0.6) is 0 Å². The summed E-state index contributed by atoms with van der Waals surface area (Å²) in [6, 6.07) is 11.0. The van der Waals surface area contributed by atoms with Crippen molar-refractivity contribution >= 4 is 16.8 Å². The van der Waals surface area contributed by atoms with Crippen molar-refractivity contribution in [2.45, 2.75) is 6.92 Å². The maximum Gasteiger partial charge on any atom is 0.231 e. The molecule has 3 nitrogen and oxygen atoms in total. The third-order valence-corrected chi connectivity index (χ3v) is 2.64. The third-order valence-electron chi connectivity index (χ3n) is 2.64. The molecule has 17 heavy (non-hydrogen) atoms. The molecule has 0 fully saturated rings. The second kappa shape index (κ2) is 3.63. The first-order valence-corrected chi connectivity index (χ1v) is 5.32. The summed E-state index contributed by atoms with van der Waals surface area (Å²) in [5.41, 5.74) is 1.23. The van der Waals surface area contributed by atoms with Crippen molar-refractivity contribution in [3.8, 4) is 0 Å². The van der Waals surface area contributed by atoms with E-state index in [0.29, 0.717) is 17.1 Å². The summed E-state index contributed by atoms with van der Waals surface area (Å²) in [4.78, 5) is 12.1. The van der Waals surface area contributed by atoms with Gasteiger partial charge in [-0.3, -0.25) is 4.79 Å². The van der Waals surface area contributed by atoms with Gasteiger partial charge in [0.25, 0.3) is 0 Å². The Bertz CT molecular complexity index is 655. The van der Waals surface area contributed by atoms with Crippen LogP contribution in [0.15, 0.2) is 51.5 Å². The molecule has 0 aliphatic heterocycles. The fourth-order valence-electron chi connectivity index (χ4n) is 1.80. The van der Waals surface area contributed by atoms with Crippen LogP contribution in [0.25, 0.3) is 11.0 Å². The van der Waals surface area contributed by atoms with E-state index in [1.54, 1.807) is 19.1 Å². The Morgan fingerprint density at radius 3 is 2.71 bits per heavy atom. The van der Waals surface area contributed by atoms with Crippen molar-refractivity contribution < 1.29 is 13.6 Å². The minimum atomic E-state index is -0.155. The second-order valence-electron chi connectivity index (χ2n) is 3.92. The number of benzene rings is 1. The number of fused-ring (bicyclic) bond motifs is 1. The number of carbonyl (C=O) groups is 1. The molecule has 2 heterocycles. The van der Waals surface area contributed by atoms with Crippen molar-refractivity contribution in [1.29, 1.82) is 0 Å².